The van der Waals surface area contributed by atoms with Gasteiger partial charge >= 0.3 is 0 Å². The highest BCUT2D eigenvalue weighted by Crippen LogP contribution is 2.27. The molecule has 5 heteroatoms. The monoisotopic (exact) mass is 304 g/mol. The minimum absolute atomic E-state index is 0.255. The molecule has 1 aromatic heterocycles. The third kappa shape index (κ3) is 4.03. The Bertz CT molecular complexity index is 501. The number of guanidine groups is 1. The van der Waals surface area contributed by atoms with Crippen LogP contribution >= 0.6 is 0 Å². The van der Waals surface area contributed by atoms with Crippen molar-refractivity contribution in [3.8, 4) is 0 Å². The zero-order chi connectivity index (χ0) is 15.4. The summed E-state index contributed by atoms with van der Waals surface area (Å²) in [5, 5.41) is 6.83. The van der Waals surface area contributed by atoms with Gasteiger partial charge in [0.1, 0.15) is 11.5 Å². The van der Waals surface area contributed by atoms with Gasteiger partial charge in [-0.1, -0.05) is 0 Å². The first-order valence-corrected chi connectivity index (χ1v) is 8.61. The normalized spacial score (nSPS) is 21.1. The van der Waals surface area contributed by atoms with Crippen LogP contribution in [0.2, 0.25) is 0 Å². The molecule has 0 aromatic carbocycles. The van der Waals surface area contributed by atoms with Crippen molar-refractivity contribution in [1.29, 1.82) is 0 Å². The average molecular weight is 304 g/mol. The van der Waals surface area contributed by atoms with Gasteiger partial charge in [0, 0.05) is 12.6 Å². The Morgan fingerprint density at radius 3 is 2.73 bits per heavy atom. The van der Waals surface area contributed by atoms with E-state index < -0.39 is 0 Å². The fraction of sp³-hybridized carbons (Fsp3) is 0.706. The van der Waals surface area contributed by atoms with Crippen molar-refractivity contribution in [1.82, 2.24) is 15.5 Å². The minimum Gasteiger partial charge on any atom is -0.465 e. The third-order valence-corrected chi connectivity index (χ3v) is 4.36. The van der Waals surface area contributed by atoms with Gasteiger partial charge in [0.25, 0.3) is 0 Å². The van der Waals surface area contributed by atoms with Crippen LogP contribution in [-0.4, -0.2) is 43.1 Å². The van der Waals surface area contributed by atoms with Gasteiger partial charge in [-0.3, -0.25) is 9.89 Å². The van der Waals surface area contributed by atoms with Gasteiger partial charge in [0.15, 0.2) is 5.96 Å². The summed E-state index contributed by atoms with van der Waals surface area (Å²) < 4.78 is 5.89. The predicted octanol–water partition coefficient (Wildman–Crippen LogP) is 2.44. The Kier molecular flexibility index (Phi) is 5.03. The summed E-state index contributed by atoms with van der Waals surface area (Å²) in [6.07, 6.45) is 5.08. The summed E-state index contributed by atoms with van der Waals surface area (Å²) in [5.41, 5.74) is 0. The van der Waals surface area contributed by atoms with Crippen LogP contribution in [0.5, 0.6) is 0 Å². The van der Waals surface area contributed by atoms with Gasteiger partial charge in [-0.15, -0.1) is 0 Å². The van der Waals surface area contributed by atoms with Crippen molar-refractivity contribution in [2.75, 3.05) is 26.2 Å². The fourth-order valence-electron chi connectivity index (χ4n) is 2.99. The van der Waals surface area contributed by atoms with Crippen molar-refractivity contribution in [3.05, 3.63) is 23.7 Å². The minimum atomic E-state index is 0.255. The first-order chi connectivity index (χ1) is 10.8. The molecule has 0 spiro atoms. The molecule has 22 heavy (non-hydrogen) atoms. The Morgan fingerprint density at radius 2 is 2.14 bits per heavy atom. The number of nitrogens with one attached hydrogen (secondary N) is 2. The van der Waals surface area contributed by atoms with Crippen molar-refractivity contribution in [2.45, 2.75) is 51.6 Å². The highest BCUT2D eigenvalue weighted by Gasteiger charge is 2.26. The lowest BCUT2D eigenvalue weighted by atomic mass is 10.2. The molecule has 1 saturated carbocycles. The number of aryl methyl sites for hydroxylation is 1. The number of furan rings is 1. The molecule has 5 nitrogen and oxygen atoms in total. The second-order valence-corrected chi connectivity index (χ2v) is 6.35. The zero-order valence-electron chi connectivity index (χ0n) is 13.8. The quantitative estimate of drug-likeness (QED) is 0.626. The molecule has 2 aliphatic rings. The number of hydrogen-bond donors (Lipinski definition) is 2. The molecular weight excluding hydrogens is 276 g/mol. The zero-order valence-corrected chi connectivity index (χ0v) is 13.8. The highest BCUT2D eigenvalue weighted by atomic mass is 16.3. The predicted molar refractivity (Wildman–Crippen MR) is 89.1 cm³/mol. The topological polar surface area (TPSA) is 52.8 Å². The summed E-state index contributed by atoms with van der Waals surface area (Å²) in [4.78, 5) is 7.32. The maximum atomic E-state index is 5.89. The SMILES string of the molecule is CCNC(=NCC(c1ccc(C)o1)N1CCCC1)NC1CC1. The number of hydrogen-bond acceptors (Lipinski definition) is 3. The average Bonchev–Trinajstić information content (AvgIpc) is 2.99. The second kappa shape index (κ2) is 7.18. The van der Waals surface area contributed by atoms with E-state index >= 15 is 0 Å². The van der Waals surface area contributed by atoms with Crippen LogP contribution in [0.25, 0.3) is 0 Å². The lowest BCUT2D eigenvalue weighted by molar-refractivity contribution is 0.219. The summed E-state index contributed by atoms with van der Waals surface area (Å²) in [7, 11) is 0. The third-order valence-electron chi connectivity index (χ3n) is 4.36. The summed E-state index contributed by atoms with van der Waals surface area (Å²) in [6.45, 7) is 8.05. The fourth-order valence-corrected chi connectivity index (χ4v) is 2.99. The molecule has 2 heterocycles. The van der Waals surface area contributed by atoms with Crippen molar-refractivity contribution < 1.29 is 4.42 Å². The van der Waals surface area contributed by atoms with Crippen LogP contribution in [0.1, 0.15) is 50.2 Å². The molecule has 0 bridgehead atoms. The van der Waals surface area contributed by atoms with Crippen molar-refractivity contribution in [2.24, 2.45) is 4.99 Å². The number of nitrogens with zero attached hydrogens (tertiary/aromatic N) is 2. The summed E-state index contributed by atoms with van der Waals surface area (Å²) in [6, 6.07) is 5.03. The number of rotatable bonds is 6. The molecule has 1 atom stereocenters. The maximum absolute atomic E-state index is 5.89. The second-order valence-electron chi connectivity index (χ2n) is 6.35. The molecule has 1 aromatic rings. The van der Waals surface area contributed by atoms with Crippen LogP contribution < -0.4 is 10.6 Å². The van der Waals surface area contributed by atoms with E-state index in [1.807, 2.05) is 6.92 Å². The van der Waals surface area contributed by atoms with E-state index in [0.717, 1.165) is 43.7 Å². The molecule has 1 saturated heterocycles. The van der Waals surface area contributed by atoms with Crippen LogP contribution in [-0.2, 0) is 0 Å². The molecule has 0 radical (unpaired) electrons. The standard InChI is InChI=1S/C17H28N4O/c1-3-18-17(20-14-7-8-14)19-12-15(21-10-4-5-11-21)16-9-6-13(2)22-16/h6,9,14-15H,3-5,7-8,10-12H2,1-2H3,(H2,18,19,20). The molecule has 2 N–H and O–H groups in total. The molecular formula is C17H28N4O. The van der Waals surface area contributed by atoms with Crippen LogP contribution in [0.4, 0.5) is 0 Å². The first kappa shape index (κ1) is 15.4. The first-order valence-electron chi connectivity index (χ1n) is 8.61. The van der Waals surface area contributed by atoms with E-state index in [0.29, 0.717) is 6.04 Å². The Morgan fingerprint density at radius 1 is 1.36 bits per heavy atom. The maximum Gasteiger partial charge on any atom is 0.191 e. The van der Waals surface area contributed by atoms with E-state index in [4.69, 9.17) is 9.41 Å². The summed E-state index contributed by atoms with van der Waals surface area (Å²) >= 11 is 0. The number of aliphatic imine (C=N–C) groups is 1. The van der Waals surface area contributed by atoms with Crippen molar-refractivity contribution >= 4 is 5.96 Å². The van der Waals surface area contributed by atoms with Crippen LogP contribution in [0.15, 0.2) is 21.5 Å². The van der Waals surface area contributed by atoms with Crippen LogP contribution in [0, 0.1) is 6.92 Å². The Hall–Kier alpha value is -1.49. The van der Waals surface area contributed by atoms with E-state index in [2.05, 4.69) is 34.6 Å². The van der Waals surface area contributed by atoms with Crippen molar-refractivity contribution in [3.63, 3.8) is 0 Å². The molecule has 2 fully saturated rings. The smallest absolute Gasteiger partial charge is 0.191 e. The lowest BCUT2D eigenvalue weighted by Gasteiger charge is -2.24. The van der Waals surface area contributed by atoms with Gasteiger partial charge in [0.2, 0.25) is 0 Å². The van der Waals surface area contributed by atoms with Gasteiger partial charge in [-0.05, 0) is 64.8 Å². The number of likely N-dealkylation sites (tertiary alicyclic amines) is 1. The lowest BCUT2D eigenvalue weighted by Crippen LogP contribution is -2.39. The molecule has 1 aliphatic carbocycles. The Balaban J connectivity index is 1.70. The van der Waals surface area contributed by atoms with Gasteiger partial charge in [-0.2, -0.15) is 0 Å². The molecule has 0 amide bonds. The van der Waals surface area contributed by atoms with E-state index in [9.17, 15) is 0 Å². The van der Waals surface area contributed by atoms with E-state index in [-0.39, 0.29) is 6.04 Å². The van der Waals surface area contributed by atoms with Gasteiger partial charge < -0.3 is 15.1 Å². The molecule has 122 valence electrons. The molecule has 1 unspecified atom stereocenters. The van der Waals surface area contributed by atoms with Gasteiger partial charge in [0.05, 0.1) is 12.6 Å². The Labute approximate surface area is 133 Å². The highest BCUT2D eigenvalue weighted by molar-refractivity contribution is 5.80. The largest absolute Gasteiger partial charge is 0.465 e. The molecule has 1 aliphatic heterocycles. The van der Waals surface area contributed by atoms with Crippen LogP contribution in [0.3, 0.4) is 0 Å². The van der Waals surface area contributed by atoms with E-state index in [1.54, 1.807) is 0 Å². The summed E-state index contributed by atoms with van der Waals surface area (Å²) in [5.74, 6) is 2.97. The van der Waals surface area contributed by atoms with Gasteiger partial charge in [-0.25, -0.2) is 0 Å². The van der Waals surface area contributed by atoms with E-state index in [1.165, 1.54) is 25.7 Å². The molecule has 3 rings (SSSR count).